The number of hydrogen-bond donors (Lipinski definition) is 1. The van der Waals surface area contributed by atoms with Crippen LogP contribution in [0.3, 0.4) is 0 Å². The van der Waals surface area contributed by atoms with Crippen LogP contribution < -0.4 is 10.5 Å². The average molecular weight is 350 g/mol. The fraction of sp³-hybridized carbons (Fsp3) is 0.133. The van der Waals surface area contributed by atoms with E-state index in [1.807, 2.05) is 28.8 Å². The fourth-order valence-electron chi connectivity index (χ4n) is 2.22. The van der Waals surface area contributed by atoms with E-state index in [2.05, 4.69) is 20.9 Å². The number of nitrogens with two attached hydrogens (primary N) is 1. The van der Waals surface area contributed by atoms with Crippen molar-refractivity contribution in [3.05, 3.63) is 52.3 Å². The summed E-state index contributed by atoms with van der Waals surface area (Å²) in [6.45, 7) is 0.560. The van der Waals surface area contributed by atoms with Crippen LogP contribution in [0.5, 0.6) is 5.75 Å². The largest absolute Gasteiger partial charge is 0.497 e. The number of benzene rings is 2. The van der Waals surface area contributed by atoms with Crippen LogP contribution in [0.1, 0.15) is 5.56 Å². The molecule has 0 bridgehead atoms. The predicted octanol–water partition coefficient (Wildman–Crippen LogP) is 3.58. The molecule has 0 amide bonds. The molecule has 0 aliphatic rings. The lowest BCUT2D eigenvalue weighted by Crippen LogP contribution is -2.04. The third-order valence-corrected chi connectivity index (χ3v) is 3.93. The van der Waals surface area contributed by atoms with Crippen LogP contribution in [0.15, 0.2) is 40.9 Å². The molecule has 0 aliphatic heterocycles. The molecule has 0 unspecified atom stereocenters. The van der Waals surface area contributed by atoms with Crippen molar-refractivity contribution >= 4 is 32.9 Å². The Morgan fingerprint density at radius 3 is 2.67 bits per heavy atom. The van der Waals surface area contributed by atoms with E-state index in [4.69, 9.17) is 10.5 Å². The molecule has 2 aromatic carbocycles. The van der Waals surface area contributed by atoms with Crippen LogP contribution in [0.2, 0.25) is 0 Å². The van der Waals surface area contributed by atoms with E-state index >= 15 is 0 Å². The van der Waals surface area contributed by atoms with Gasteiger partial charge < -0.3 is 15.0 Å². The van der Waals surface area contributed by atoms with Crippen molar-refractivity contribution in [3.8, 4) is 5.75 Å². The van der Waals surface area contributed by atoms with Crippen molar-refractivity contribution in [1.82, 2.24) is 9.55 Å². The topological polar surface area (TPSA) is 53.1 Å². The van der Waals surface area contributed by atoms with E-state index < -0.39 is 0 Å². The number of aromatic nitrogens is 2. The first kappa shape index (κ1) is 13.9. The molecule has 3 rings (SSSR count). The Morgan fingerprint density at radius 1 is 1.29 bits per heavy atom. The van der Waals surface area contributed by atoms with E-state index in [0.717, 1.165) is 16.8 Å². The van der Waals surface area contributed by atoms with Gasteiger partial charge >= 0.3 is 0 Å². The van der Waals surface area contributed by atoms with E-state index in [1.165, 1.54) is 6.07 Å². The lowest BCUT2D eigenvalue weighted by Gasteiger charge is -2.08. The highest BCUT2D eigenvalue weighted by molar-refractivity contribution is 9.10. The van der Waals surface area contributed by atoms with Crippen LogP contribution in [0, 0.1) is 5.82 Å². The molecule has 6 heteroatoms. The van der Waals surface area contributed by atoms with Crippen molar-refractivity contribution < 1.29 is 9.13 Å². The Kier molecular flexibility index (Phi) is 3.55. The first-order valence-electron chi connectivity index (χ1n) is 6.32. The van der Waals surface area contributed by atoms with Crippen LogP contribution in [0.25, 0.3) is 11.0 Å². The van der Waals surface area contributed by atoms with Gasteiger partial charge in [0.2, 0.25) is 5.95 Å². The zero-order valence-corrected chi connectivity index (χ0v) is 12.9. The third-order valence-electron chi connectivity index (χ3n) is 3.32. The van der Waals surface area contributed by atoms with Gasteiger partial charge in [-0.2, -0.15) is 0 Å². The molecule has 1 aromatic heterocycles. The highest BCUT2D eigenvalue weighted by Crippen LogP contribution is 2.26. The van der Waals surface area contributed by atoms with Gasteiger partial charge in [-0.3, -0.25) is 0 Å². The molecular weight excluding hydrogens is 337 g/mol. The lowest BCUT2D eigenvalue weighted by atomic mass is 10.2. The van der Waals surface area contributed by atoms with E-state index in [-0.39, 0.29) is 5.82 Å². The SMILES string of the molecule is COc1ccc(Cn2c(N)nc3cc(F)c(Br)cc32)cc1. The van der Waals surface area contributed by atoms with E-state index in [9.17, 15) is 4.39 Å². The summed E-state index contributed by atoms with van der Waals surface area (Å²) in [5.74, 6) is 0.807. The van der Waals surface area contributed by atoms with Gasteiger partial charge in [-0.15, -0.1) is 0 Å². The third kappa shape index (κ3) is 2.58. The summed E-state index contributed by atoms with van der Waals surface area (Å²) in [7, 11) is 1.63. The fourth-order valence-corrected chi connectivity index (χ4v) is 2.55. The van der Waals surface area contributed by atoms with Gasteiger partial charge in [0.1, 0.15) is 11.6 Å². The summed E-state index contributed by atoms with van der Waals surface area (Å²) in [4.78, 5) is 4.20. The number of anilines is 1. The number of ether oxygens (including phenoxy) is 1. The summed E-state index contributed by atoms with van der Waals surface area (Å²) in [6.07, 6.45) is 0. The first-order valence-corrected chi connectivity index (χ1v) is 7.11. The average Bonchev–Trinajstić information content (AvgIpc) is 2.76. The molecule has 108 valence electrons. The van der Waals surface area contributed by atoms with Crippen LogP contribution >= 0.6 is 15.9 Å². The number of imidazole rings is 1. The first-order chi connectivity index (χ1) is 10.1. The second-order valence-corrected chi connectivity index (χ2v) is 5.51. The summed E-state index contributed by atoms with van der Waals surface area (Å²) in [5, 5.41) is 0. The van der Waals surface area contributed by atoms with Crippen molar-refractivity contribution in [2.45, 2.75) is 6.54 Å². The second-order valence-electron chi connectivity index (χ2n) is 4.66. The minimum Gasteiger partial charge on any atom is -0.497 e. The highest BCUT2D eigenvalue weighted by atomic mass is 79.9. The Labute approximate surface area is 129 Å². The Balaban J connectivity index is 2.03. The molecule has 0 atom stereocenters. The molecule has 2 N–H and O–H groups in total. The predicted molar refractivity (Wildman–Crippen MR) is 83.9 cm³/mol. The molecule has 0 saturated heterocycles. The number of nitrogen functional groups attached to an aromatic ring is 1. The zero-order chi connectivity index (χ0) is 15.0. The zero-order valence-electron chi connectivity index (χ0n) is 11.3. The van der Waals surface area contributed by atoms with Crippen molar-refractivity contribution in [3.63, 3.8) is 0 Å². The molecule has 0 aliphatic carbocycles. The van der Waals surface area contributed by atoms with Gasteiger partial charge in [0.15, 0.2) is 0 Å². The lowest BCUT2D eigenvalue weighted by molar-refractivity contribution is 0.414. The van der Waals surface area contributed by atoms with Gasteiger partial charge in [-0.1, -0.05) is 12.1 Å². The maximum atomic E-state index is 13.5. The number of methoxy groups -OCH3 is 1. The van der Waals surface area contributed by atoms with Crippen LogP contribution in [0.4, 0.5) is 10.3 Å². The van der Waals surface area contributed by atoms with Crippen LogP contribution in [-0.2, 0) is 6.54 Å². The van der Waals surface area contributed by atoms with Crippen LogP contribution in [-0.4, -0.2) is 16.7 Å². The Hall–Kier alpha value is -2.08. The molecule has 21 heavy (non-hydrogen) atoms. The maximum absolute atomic E-state index is 13.5. The molecule has 1 heterocycles. The number of halogens is 2. The molecule has 3 aromatic rings. The normalized spacial score (nSPS) is 11.0. The Morgan fingerprint density at radius 2 is 2.00 bits per heavy atom. The van der Waals surface area contributed by atoms with Gasteiger partial charge in [-0.05, 0) is 39.7 Å². The maximum Gasteiger partial charge on any atom is 0.201 e. The number of hydrogen-bond acceptors (Lipinski definition) is 3. The molecule has 4 nitrogen and oxygen atoms in total. The summed E-state index contributed by atoms with van der Waals surface area (Å²) < 4.78 is 20.9. The van der Waals surface area contributed by atoms with Crippen molar-refractivity contribution in [2.24, 2.45) is 0 Å². The smallest absolute Gasteiger partial charge is 0.201 e. The molecular formula is C15H13BrFN3O. The molecule has 0 fully saturated rings. The standard InChI is InChI=1S/C15H13BrFN3O/c1-21-10-4-2-9(3-5-10)8-20-14-6-11(16)12(17)7-13(14)19-15(20)18/h2-7H,8H2,1H3,(H2,18,19). The monoisotopic (exact) mass is 349 g/mol. The highest BCUT2D eigenvalue weighted by Gasteiger charge is 2.12. The Bertz CT molecular complexity index is 799. The van der Waals surface area contributed by atoms with Gasteiger partial charge in [0.05, 0.1) is 29.2 Å². The summed E-state index contributed by atoms with van der Waals surface area (Å²) >= 11 is 3.19. The minimum atomic E-state index is -0.350. The van der Waals surface area contributed by atoms with Gasteiger partial charge in [0, 0.05) is 6.07 Å². The van der Waals surface area contributed by atoms with Gasteiger partial charge in [-0.25, -0.2) is 9.37 Å². The molecule has 0 spiro atoms. The number of nitrogens with zero attached hydrogens (tertiary/aromatic N) is 2. The molecule has 0 saturated carbocycles. The second kappa shape index (κ2) is 5.37. The van der Waals surface area contributed by atoms with Crippen molar-refractivity contribution in [1.29, 1.82) is 0 Å². The summed E-state index contributed by atoms with van der Waals surface area (Å²) in [5.41, 5.74) is 8.34. The quantitative estimate of drug-likeness (QED) is 0.786. The minimum absolute atomic E-state index is 0.350. The summed E-state index contributed by atoms with van der Waals surface area (Å²) in [6, 6.07) is 10.8. The molecule has 0 radical (unpaired) electrons. The van der Waals surface area contributed by atoms with Gasteiger partial charge in [0.25, 0.3) is 0 Å². The number of fused-ring (bicyclic) bond motifs is 1. The number of rotatable bonds is 3. The van der Waals surface area contributed by atoms with E-state index in [0.29, 0.717) is 22.5 Å². The van der Waals surface area contributed by atoms with E-state index in [1.54, 1.807) is 13.2 Å². The van der Waals surface area contributed by atoms with Crippen molar-refractivity contribution in [2.75, 3.05) is 12.8 Å².